The number of rotatable bonds is 0. The molecule has 0 spiro atoms. The van der Waals surface area contributed by atoms with Gasteiger partial charge >= 0.3 is 0 Å². The lowest BCUT2D eigenvalue weighted by atomic mass is 10.4. The van der Waals surface area contributed by atoms with Crippen molar-refractivity contribution in [1.29, 1.82) is 0 Å². The third kappa shape index (κ3) is 0.580. The molecule has 0 N–H and O–H groups in total. The minimum absolute atomic E-state index is 0.226. The monoisotopic (exact) mass is 124 g/mol. The van der Waals surface area contributed by atoms with Crippen molar-refractivity contribution < 1.29 is 4.79 Å². The SMILES string of the molecule is O=C1CCN2CC=CN12. The molecule has 3 heteroatoms. The molecule has 2 rings (SSSR count). The first kappa shape index (κ1) is 4.99. The second-order valence-corrected chi connectivity index (χ2v) is 2.29. The van der Waals surface area contributed by atoms with Gasteiger partial charge in [-0.2, -0.15) is 0 Å². The molecule has 0 aliphatic carbocycles. The average Bonchev–Trinajstić information content (AvgIpc) is 2.35. The highest BCUT2D eigenvalue weighted by Crippen LogP contribution is 2.16. The molecule has 0 unspecified atom stereocenters. The molecule has 0 radical (unpaired) electrons. The molecule has 2 aliphatic rings. The number of nitrogens with zero attached hydrogens (tertiary/aromatic N) is 2. The van der Waals surface area contributed by atoms with Crippen molar-refractivity contribution in [2.75, 3.05) is 13.1 Å². The minimum Gasteiger partial charge on any atom is -0.273 e. The highest BCUT2D eigenvalue weighted by Gasteiger charge is 2.28. The third-order valence-corrected chi connectivity index (χ3v) is 1.71. The lowest BCUT2D eigenvalue weighted by molar-refractivity contribution is -0.131. The van der Waals surface area contributed by atoms with Crippen LogP contribution in [0.25, 0.3) is 0 Å². The van der Waals surface area contributed by atoms with Crippen LogP contribution in [0.2, 0.25) is 0 Å². The number of hydrogen-bond acceptors (Lipinski definition) is 2. The van der Waals surface area contributed by atoms with Crippen molar-refractivity contribution in [2.24, 2.45) is 0 Å². The van der Waals surface area contributed by atoms with Crippen LogP contribution >= 0.6 is 0 Å². The summed E-state index contributed by atoms with van der Waals surface area (Å²) in [6.45, 7) is 1.80. The highest BCUT2D eigenvalue weighted by molar-refractivity contribution is 5.79. The lowest BCUT2D eigenvalue weighted by Crippen LogP contribution is -2.29. The highest BCUT2D eigenvalue weighted by atomic mass is 16.2. The average molecular weight is 124 g/mol. The number of hydrazine groups is 1. The van der Waals surface area contributed by atoms with Gasteiger partial charge in [0.15, 0.2) is 0 Å². The first-order chi connectivity index (χ1) is 4.38. The molecule has 0 atom stereocenters. The Hall–Kier alpha value is -0.830. The van der Waals surface area contributed by atoms with Crippen molar-refractivity contribution in [3.05, 3.63) is 12.3 Å². The molecule has 1 amide bonds. The Bertz CT molecular complexity index is 176. The molecular formula is C6H8N2O. The summed E-state index contributed by atoms with van der Waals surface area (Å²) in [7, 11) is 0. The van der Waals surface area contributed by atoms with Crippen LogP contribution in [0, 0.1) is 0 Å². The third-order valence-electron chi connectivity index (χ3n) is 1.71. The van der Waals surface area contributed by atoms with Gasteiger partial charge in [-0.1, -0.05) is 6.08 Å². The van der Waals surface area contributed by atoms with Crippen LogP contribution in [-0.4, -0.2) is 29.0 Å². The fourth-order valence-electron chi connectivity index (χ4n) is 1.23. The van der Waals surface area contributed by atoms with E-state index in [1.165, 1.54) is 0 Å². The number of fused-ring (bicyclic) bond motifs is 1. The molecule has 2 aliphatic heterocycles. The first-order valence-electron chi connectivity index (χ1n) is 3.11. The fourth-order valence-corrected chi connectivity index (χ4v) is 1.23. The van der Waals surface area contributed by atoms with E-state index in [-0.39, 0.29) is 5.91 Å². The van der Waals surface area contributed by atoms with Crippen molar-refractivity contribution in [2.45, 2.75) is 6.42 Å². The number of carbonyl (C=O) groups excluding carboxylic acids is 1. The number of amides is 1. The van der Waals surface area contributed by atoms with Gasteiger partial charge in [0.25, 0.3) is 0 Å². The molecule has 9 heavy (non-hydrogen) atoms. The summed E-state index contributed by atoms with van der Waals surface area (Å²) in [5.74, 6) is 0.226. The number of carbonyl (C=O) groups is 1. The van der Waals surface area contributed by atoms with E-state index in [2.05, 4.69) is 0 Å². The summed E-state index contributed by atoms with van der Waals surface area (Å²) in [5.41, 5.74) is 0. The number of hydrogen-bond donors (Lipinski definition) is 0. The smallest absolute Gasteiger partial charge is 0.242 e. The Kier molecular flexibility index (Phi) is 0.873. The normalized spacial score (nSPS) is 25.8. The summed E-state index contributed by atoms with van der Waals surface area (Å²) in [6, 6.07) is 0. The predicted octanol–water partition coefficient (Wildman–Crippen LogP) is -0.0370. The molecule has 3 nitrogen and oxygen atoms in total. The zero-order valence-electron chi connectivity index (χ0n) is 5.08. The lowest BCUT2D eigenvalue weighted by Gasteiger charge is -2.16. The molecule has 0 aromatic rings. The maximum absolute atomic E-state index is 10.9. The minimum atomic E-state index is 0.226. The van der Waals surface area contributed by atoms with E-state index in [1.54, 1.807) is 5.01 Å². The molecule has 1 saturated heterocycles. The van der Waals surface area contributed by atoms with Crippen LogP contribution in [0.5, 0.6) is 0 Å². The van der Waals surface area contributed by atoms with E-state index in [4.69, 9.17) is 0 Å². The Balaban J connectivity index is 2.24. The van der Waals surface area contributed by atoms with Crippen LogP contribution in [0.1, 0.15) is 6.42 Å². The molecule has 2 heterocycles. The van der Waals surface area contributed by atoms with Crippen LogP contribution in [0.15, 0.2) is 12.3 Å². The zero-order chi connectivity index (χ0) is 6.27. The van der Waals surface area contributed by atoms with Gasteiger partial charge < -0.3 is 0 Å². The largest absolute Gasteiger partial charge is 0.273 e. The molecule has 48 valence electrons. The van der Waals surface area contributed by atoms with Crippen LogP contribution in [-0.2, 0) is 4.79 Å². The van der Waals surface area contributed by atoms with E-state index in [0.29, 0.717) is 6.42 Å². The standard InChI is InChI=1S/C6H8N2O/c9-6-2-5-7-3-1-4-8(6)7/h1,4H,2-3,5H2. The van der Waals surface area contributed by atoms with Gasteiger partial charge in [-0.05, 0) is 0 Å². The first-order valence-corrected chi connectivity index (χ1v) is 3.11. The van der Waals surface area contributed by atoms with E-state index < -0.39 is 0 Å². The van der Waals surface area contributed by atoms with Crippen LogP contribution in [0.3, 0.4) is 0 Å². The summed E-state index contributed by atoms with van der Waals surface area (Å²) in [5, 5.41) is 3.72. The van der Waals surface area contributed by atoms with E-state index in [9.17, 15) is 4.79 Å². The molecule has 0 bridgehead atoms. The van der Waals surface area contributed by atoms with Gasteiger partial charge in [-0.15, -0.1) is 0 Å². The van der Waals surface area contributed by atoms with Gasteiger partial charge in [0.05, 0.1) is 0 Å². The summed E-state index contributed by atoms with van der Waals surface area (Å²) >= 11 is 0. The van der Waals surface area contributed by atoms with E-state index >= 15 is 0 Å². The Morgan fingerprint density at radius 1 is 1.56 bits per heavy atom. The van der Waals surface area contributed by atoms with Gasteiger partial charge in [0.2, 0.25) is 5.91 Å². The predicted molar refractivity (Wildman–Crippen MR) is 32.2 cm³/mol. The van der Waals surface area contributed by atoms with E-state index in [0.717, 1.165) is 13.1 Å². The molecule has 1 fully saturated rings. The summed E-state index contributed by atoms with van der Waals surface area (Å²) in [4.78, 5) is 10.9. The Labute approximate surface area is 53.5 Å². The molecular weight excluding hydrogens is 116 g/mol. The molecule has 0 aromatic carbocycles. The van der Waals surface area contributed by atoms with Crippen molar-refractivity contribution in [1.82, 2.24) is 10.0 Å². The van der Waals surface area contributed by atoms with Crippen molar-refractivity contribution in [3.8, 4) is 0 Å². The maximum Gasteiger partial charge on any atom is 0.242 e. The van der Waals surface area contributed by atoms with Crippen molar-refractivity contribution in [3.63, 3.8) is 0 Å². The topological polar surface area (TPSA) is 23.6 Å². The zero-order valence-corrected chi connectivity index (χ0v) is 5.08. The fraction of sp³-hybridized carbons (Fsp3) is 0.500. The quantitative estimate of drug-likeness (QED) is 0.452. The van der Waals surface area contributed by atoms with Crippen LogP contribution < -0.4 is 0 Å². The van der Waals surface area contributed by atoms with Gasteiger partial charge in [0, 0.05) is 25.7 Å². The Morgan fingerprint density at radius 3 is 3.22 bits per heavy atom. The van der Waals surface area contributed by atoms with Gasteiger partial charge in [-0.25, -0.2) is 5.01 Å². The second-order valence-electron chi connectivity index (χ2n) is 2.29. The van der Waals surface area contributed by atoms with Gasteiger partial charge in [-0.3, -0.25) is 9.80 Å². The van der Waals surface area contributed by atoms with Gasteiger partial charge in [0.1, 0.15) is 0 Å². The summed E-state index contributed by atoms with van der Waals surface area (Å²) in [6.07, 6.45) is 4.52. The van der Waals surface area contributed by atoms with Crippen LogP contribution in [0.4, 0.5) is 0 Å². The van der Waals surface area contributed by atoms with E-state index in [1.807, 2.05) is 17.3 Å². The maximum atomic E-state index is 10.9. The van der Waals surface area contributed by atoms with Crippen molar-refractivity contribution >= 4 is 5.91 Å². The Morgan fingerprint density at radius 2 is 2.44 bits per heavy atom. The summed E-state index contributed by atoms with van der Waals surface area (Å²) < 4.78 is 0. The second kappa shape index (κ2) is 1.57. The molecule has 0 saturated carbocycles. The molecule has 0 aromatic heterocycles.